The van der Waals surface area contributed by atoms with Crippen molar-refractivity contribution >= 4 is 5.78 Å². The molecule has 2 rings (SSSR count). The Morgan fingerprint density at radius 3 is 2.37 bits per heavy atom. The standard InChI is InChI=1S/C17H25NO/c18-16(14-8-6-3-7-9-14)12-13-17(19)15-10-4-1-2-5-11-15/h3,6-9,15-16H,1-2,4-5,10-13,18H2. The van der Waals surface area contributed by atoms with Gasteiger partial charge < -0.3 is 5.73 Å². The number of carbonyl (C=O) groups is 1. The lowest BCUT2D eigenvalue weighted by Crippen LogP contribution is -2.17. The highest BCUT2D eigenvalue weighted by Gasteiger charge is 2.20. The van der Waals surface area contributed by atoms with E-state index in [0.717, 1.165) is 24.8 Å². The topological polar surface area (TPSA) is 43.1 Å². The van der Waals surface area contributed by atoms with Gasteiger partial charge in [-0.1, -0.05) is 56.0 Å². The zero-order valence-electron chi connectivity index (χ0n) is 11.7. The maximum Gasteiger partial charge on any atom is 0.136 e. The van der Waals surface area contributed by atoms with Gasteiger partial charge in [-0.2, -0.15) is 0 Å². The second kappa shape index (κ2) is 7.44. The van der Waals surface area contributed by atoms with Crippen molar-refractivity contribution in [3.8, 4) is 0 Å². The lowest BCUT2D eigenvalue weighted by atomic mass is 9.91. The summed E-state index contributed by atoms with van der Waals surface area (Å²) in [6.45, 7) is 0. The number of benzene rings is 1. The SMILES string of the molecule is NC(CCC(=O)C1CCCCCC1)c1ccccc1. The summed E-state index contributed by atoms with van der Waals surface area (Å²) in [5.74, 6) is 0.749. The van der Waals surface area contributed by atoms with Gasteiger partial charge in [0.2, 0.25) is 0 Å². The van der Waals surface area contributed by atoms with Gasteiger partial charge in [-0.15, -0.1) is 0 Å². The molecule has 0 aliphatic heterocycles. The zero-order valence-corrected chi connectivity index (χ0v) is 11.7. The van der Waals surface area contributed by atoms with Crippen molar-refractivity contribution in [2.75, 3.05) is 0 Å². The molecule has 1 aliphatic rings. The zero-order chi connectivity index (χ0) is 13.5. The average Bonchev–Trinajstić information content (AvgIpc) is 2.74. The Morgan fingerprint density at radius 2 is 1.74 bits per heavy atom. The molecule has 1 aromatic carbocycles. The van der Waals surface area contributed by atoms with Gasteiger partial charge in [-0.05, 0) is 24.8 Å². The Balaban J connectivity index is 1.79. The van der Waals surface area contributed by atoms with Gasteiger partial charge in [0.15, 0.2) is 0 Å². The van der Waals surface area contributed by atoms with E-state index in [1.807, 2.05) is 30.3 Å². The molecule has 2 heteroatoms. The fourth-order valence-corrected chi connectivity index (χ4v) is 2.97. The van der Waals surface area contributed by atoms with Crippen molar-refractivity contribution in [1.82, 2.24) is 0 Å². The number of Topliss-reactive ketones (excluding diaryl/α,β-unsaturated/α-hetero) is 1. The Morgan fingerprint density at radius 1 is 1.11 bits per heavy atom. The Labute approximate surface area is 116 Å². The highest BCUT2D eigenvalue weighted by molar-refractivity contribution is 5.81. The number of ketones is 1. The van der Waals surface area contributed by atoms with Crippen LogP contribution in [0.5, 0.6) is 0 Å². The monoisotopic (exact) mass is 259 g/mol. The van der Waals surface area contributed by atoms with Crippen LogP contribution >= 0.6 is 0 Å². The van der Waals surface area contributed by atoms with E-state index in [1.54, 1.807) is 0 Å². The molecule has 0 saturated heterocycles. The summed E-state index contributed by atoms with van der Waals surface area (Å²) in [6, 6.07) is 10.1. The molecule has 0 heterocycles. The van der Waals surface area contributed by atoms with E-state index in [-0.39, 0.29) is 6.04 Å². The molecular formula is C17H25NO. The third kappa shape index (κ3) is 4.46. The van der Waals surface area contributed by atoms with Gasteiger partial charge in [0.1, 0.15) is 5.78 Å². The summed E-state index contributed by atoms with van der Waals surface area (Å²) >= 11 is 0. The van der Waals surface area contributed by atoms with Crippen LogP contribution in [0, 0.1) is 5.92 Å². The van der Waals surface area contributed by atoms with Crippen molar-refractivity contribution in [2.24, 2.45) is 11.7 Å². The fourth-order valence-electron chi connectivity index (χ4n) is 2.97. The third-order valence-corrected chi connectivity index (χ3v) is 4.24. The second-order valence-electron chi connectivity index (χ2n) is 5.71. The molecule has 1 aromatic rings. The van der Waals surface area contributed by atoms with Gasteiger partial charge in [-0.25, -0.2) is 0 Å². The highest BCUT2D eigenvalue weighted by Crippen LogP contribution is 2.26. The van der Waals surface area contributed by atoms with Crippen LogP contribution in [0.15, 0.2) is 30.3 Å². The molecule has 0 bridgehead atoms. The van der Waals surface area contributed by atoms with Gasteiger partial charge >= 0.3 is 0 Å². The molecule has 0 radical (unpaired) electrons. The van der Waals surface area contributed by atoms with E-state index < -0.39 is 0 Å². The Hall–Kier alpha value is -1.15. The quantitative estimate of drug-likeness (QED) is 0.812. The van der Waals surface area contributed by atoms with Crippen molar-refractivity contribution in [3.63, 3.8) is 0 Å². The second-order valence-corrected chi connectivity index (χ2v) is 5.71. The van der Waals surface area contributed by atoms with E-state index in [1.165, 1.54) is 25.7 Å². The minimum Gasteiger partial charge on any atom is -0.324 e. The minimum atomic E-state index is -0.00377. The summed E-state index contributed by atoms with van der Waals surface area (Å²) in [4.78, 5) is 12.2. The molecule has 2 N–H and O–H groups in total. The lowest BCUT2D eigenvalue weighted by Gasteiger charge is -2.15. The van der Waals surface area contributed by atoms with E-state index in [4.69, 9.17) is 5.73 Å². The molecule has 0 amide bonds. The van der Waals surface area contributed by atoms with Gasteiger partial charge in [0.25, 0.3) is 0 Å². The van der Waals surface area contributed by atoms with Crippen molar-refractivity contribution in [2.45, 2.75) is 57.4 Å². The van der Waals surface area contributed by atoms with Crippen LogP contribution in [-0.2, 0) is 4.79 Å². The first-order valence-corrected chi connectivity index (χ1v) is 7.60. The van der Waals surface area contributed by atoms with E-state index in [0.29, 0.717) is 18.1 Å². The molecule has 0 aromatic heterocycles. The first-order valence-electron chi connectivity index (χ1n) is 7.60. The Bertz CT molecular complexity index is 380. The van der Waals surface area contributed by atoms with E-state index >= 15 is 0 Å². The van der Waals surface area contributed by atoms with Crippen molar-refractivity contribution in [1.29, 1.82) is 0 Å². The van der Waals surface area contributed by atoms with Crippen LogP contribution in [0.1, 0.15) is 63.0 Å². The lowest BCUT2D eigenvalue weighted by molar-refractivity contribution is -0.123. The summed E-state index contributed by atoms with van der Waals surface area (Å²) in [6.07, 6.45) is 8.65. The average molecular weight is 259 g/mol. The van der Waals surface area contributed by atoms with E-state index in [2.05, 4.69) is 0 Å². The molecule has 1 unspecified atom stereocenters. The molecule has 0 spiro atoms. The van der Waals surface area contributed by atoms with Crippen LogP contribution in [0.3, 0.4) is 0 Å². The molecule has 2 nitrogen and oxygen atoms in total. The first kappa shape index (κ1) is 14.3. The van der Waals surface area contributed by atoms with Crippen LogP contribution < -0.4 is 5.73 Å². The van der Waals surface area contributed by atoms with Gasteiger partial charge in [-0.3, -0.25) is 4.79 Å². The van der Waals surface area contributed by atoms with Gasteiger partial charge in [0, 0.05) is 18.4 Å². The van der Waals surface area contributed by atoms with Crippen molar-refractivity contribution < 1.29 is 4.79 Å². The molecule has 19 heavy (non-hydrogen) atoms. The summed E-state index contributed by atoms with van der Waals surface area (Å²) in [5, 5.41) is 0. The van der Waals surface area contributed by atoms with Crippen LogP contribution in [0.2, 0.25) is 0 Å². The number of carbonyl (C=O) groups excluding carboxylic acids is 1. The fraction of sp³-hybridized carbons (Fsp3) is 0.588. The normalized spacial score (nSPS) is 18.8. The predicted molar refractivity (Wildman–Crippen MR) is 78.8 cm³/mol. The maximum absolute atomic E-state index is 12.2. The summed E-state index contributed by atoms with van der Waals surface area (Å²) < 4.78 is 0. The first-order chi connectivity index (χ1) is 9.27. The predicted octanol–water partition coefficient (Wildman–Crippen LogP) is 4.01. The Kier molecular flexibility index (Phi) is 5.59. The molecule has 1 fully saturated rings. The summed E-state index contributed by atoms with van der Waals surface area (Å²) in [5.41, 5.74) is 7.29. The molecular weight excluding hydrogens is 234 g/mol. The third-order valence-electron chi connectivity index (χ3n) is 4.24. The van der Waals surface area contributed by atoms with Gasteiger partial charge in [0.05, 0.1) is 0 Å². The maximum atomic E-state index is 12.2. The molecule has 1 saturated carbocycles. The van der Waals surface area contributed by atoms with E-state index in [9.17, 15) is 4.79 Å². The van der Waals surface area contributed by atoms with Crippen LogP contribution in [0.25, 0.3) is 0 Å². The van der Waals surface area contributed by atoms with Crippen molar-refractivity contribution in [3.05, 3.63) is 35.9 Å². The highest BCUT2D eigenvalue weighted by atomic mass is 16.1. The van der Waals surface area contributed by atoms with Crippen LogP contribution in [-0.4, -0.2) is 5.78 Å². The number of nitrogens with two attached hydrogens (primary N) is 1. The largest absolute Gasteiger partial charge is 0.324 e. The number of hydrogen-bond donors (Lipinski definition) is 1. The number of rotatable bonds is 5. The molecule has 1 atom stereocenters. The smallest absolute Gasteiger partial charge is 0.136 e. The van der Waals surface area contributed by atoms with Crippen LogP contribution in [0.4, 0.5) is 0 Å². The summed E-state index contributed by atoms with van der Waals surface area (Å²) in [7, 11) is 0. The minimum absolute atomic E-state index is 0.00377. The molecule has 104 valence electrons. The molecule has 1 aliphatic carbocycles. The number of hydrogen-bond acceptors (Lipinski definition) is 2.